The van der Waals surface area contributed by atoms with Crippen LogP contribution in [0.3, 0.4) is 0 Å². The normalized spacial score (nSPS) is 27.3. The number of rotatable bonds is 2. The quantitative estimate of drug-likeness (QED) is 0.512. The summed E-state index contributed by atoms with van der Waals surface area (Å²) < 4.78 is 0. The van der Waals surface area contributed by atoms with E-state index in [2.05, 4.69) is 4.81 Å². The fraction of sp³-hybridized carbons (Fsp3) is 1.00. The molecule has 0 spiro atoms. The molecule has 0 bridgehead atoms. The van der Waals surface area contributed by atoms with Gasteiger partial charge in [0.2, 0.25) is 0 Å². The fourth-order valence-corrected chi connectivity index (χ4v) is 1.60. The SMILES string of the molecule is CB(O)N1CCC[C@H]1CN. The molecule has 1 heterocycles. The van der Waals surface area contributed by atoms with Crippen molar-refractivity contribution in [2.24, 2.45) is 5.73 Å². The second-order valence-corrected chi connectivity index (χ2v) is 2.90. The molecule has 0 radical (unpaired) electrons. The van der Waals surface area contributed by atoms with Gasteiger partial charge in [0.15, 0.2) is 0 Å². The van der Waals surface area contributed by atoms with E-state index in [1.807, 2.05) is 0 Å². The molecule has 10 heavy (non-hydrogen) atoms. The Kier molecular flexibility index (Phi) is 2.71. The fourth-order valence-electron chi connectivity index (χ4n) is 1.60. The van der Waals surface area contributed by atoms with E-state index >= 15 is 0 Å². The Morgan fingerprint density at radius 2 is 2.50 bits per heavy atom. The molecule has 3 nitrogen and oxygen atoms in total. The minimum absolute atomic E-state index is 0.323. The van der Waals surface area contributed by atoms with Crippen molar-refractivity contribution in [1.29, 1.82) is 0 Å². The summed E-state index contributed by atoms with van der Waals surface area (Å²) >= 11 is 0. The van der Waals surface area contributed by atoms with Gasteiger partial charge in [0.25, 0.3) is 0 Å². The first-order chi connectivity index (χ1) is 4.75. The standard InChI is InChI=1S/C6H15BN2O/c1-7(10)9-4-2-3-6(9)5-8/h6,10H,2-5,8H2,1H3/t6-/m0/s1. The molecular formula is C6H15BN2O. The third kappa shape index (κ3) is 1.51. The van der Waals surface area contributed by atoms with Crippen LogP contribution in [-0.4, -0.2) is 36.0 Å². The Balaban J connectivity index is 2.42. The minimum Gasteiger partial charge on any atom is -0.437 e. The molecule has 1 fully saturated rings. The Labute approximate surface area is 62.3 Å². The van der Waals surface area contributed by atoms with Crippen LogP contribution in [-0.2, 0) is 0 Å². The molecule has 3 N–H and O–H groups in total. The number of nitrogens with two attached hydrogens (primary N) is 1. The summed E-state index contributed by atoms with van der Waals surface area (Å²) in [5.74, 6) is 0. The van der Waals surface area contributed by atoms with Crippen molar-refractivity contribution in [1.82, 2.24) is 4.81 Å². The molecular weight excluding hydrogens is 127 g/mol. The van der Waals surface area contributed by atoms with Crippen LogP contribution in [0.25, 0.3) is 0 Å². The van der Waals surface area contributed by atoms with Crippen LogP contribution in [0.1, 0.15) is 12.8 Å². The van der Waals surface area contributed by atoms with E-state index in [0.29, 0.717) is 12.6 Å². The van der Waals surface area contributed by atoms with Gasteiger partial charge in [-0.1, -0.05) is 0 Å². The topological polar surface area (TPSA) is 49.5 Å². The molecule has 0 aromatic heterocycles. The molecule has 0 aromatic rings. The maximum atomic E-state index is 9.22. The second kappa shape index (κ2) is 3.37. The summed E-state index contributed by atoms with van der Waals surface area (Å²) in [6.45, 7) is 3.47. The van der Waals surface area contributed by atoms with Crippen molar-refractivity contribution >= 4 is 7.05 Å². The van der Waals surface area contributed by atoms with Crippen LogP contribution in [0.15, 0.2) is 0 Å². The average molecular weight is 142 g/mol. The summed E-state index contributed by atoms with van der Waals surface area (Å²) in [5.41, 5.74) is 5.51. The lowest BCUT2D eigenvalue weighted by Gasteiger charge is -2.23. The Bertz CT molecular complexity index is 110. The lowest BCUT2D eigenvalue weighted by atomic mass is 9.84. The van der Waals surface area contributed by atoms with Crippen molar-refractivity contribution < 1.29 is 5.02 Å². The molecule has 4 heteroatoms. The lowest BCUT2D eigenvalue weighted by Crippen LogP contribution is -2.44. The first kappa shape index (κ1) is 8.05. The van der Waals surface area contributed by atoms with E-state index < -0.39 is 0 Å². The van der Waals surface area contributed by atoms with Gasteiger partial charge in [0.05, 0.1) is 0 Å². The molecule has 1 saturated heterocycles. The molecule has 0 saturated carbocycles. The maximum Gasteiger partial charge on any atom is 0.376 e. The third-order valence-electron chi connectivity index (χ3n) is 2.17. The van der Waals surface area contributed by atoms with E-state index in [1.54, 1.807) is 6.82 Å². The highest BCUT2D eigenvalue weighted by molar-refractivity contribution is 6.45. The average Bonchev–Trinajstić information content (AvgIpc) is 2.33. The predicted molar refractivity (Wildman–Crippen MR) is 42.6 cm³/mol. The highest BCUT2D eigenvalue weighted by Crippen LogP contribution is 2.16. The summed E-state index contributed by atoms with van der Waals surface area (Å²) in [5, 5.41) is 9.22. The minimum atomic E-state index is -0.323. The smallest absolute Gasteiger partial charge is 0.376 e. The molecule has 0 unspecified atom stereocenters. The van der Waals surface area contributed by atoms with Crippen molar-refractivity contribution in [3.8, 4) is 0 Å². The van der Waals surface area contributed by atoms with E-state index in [4.69, 9.17) is 5.73 Å². The zero-order chi connectivity index (χ0) is 7.56. The molecule has 1 rings (SSSR count). The molecule has 0 aromatic carbocycles. The third-order valence-corrected chi connectivity index (χ3v) is 2.17. The van der Waals surface area contributed by atoms with Gasteiger partial charge < -0.3 is 15.6 Å². The van der Waals surface area contributed by atoms with E-state index in [0.717, 1.165) is 13.0 Å². The van der Waals surface area contributed by atoms with Crippen molar-refractivity contribution in [3.63, 3.8) is 0 Å². The largest absolute Gasteiger partial charge is 0.437 e. The molecule has 0 amide bonds. The molecule has 58 valence electrons. The highest BCUT2D eigenvalue weighted by Gasteiger charge is 2.28. The number of nitrogens with zero attached hydrogens (tertiary/aromatic N) is 1. The monoisotopic (exact) mass is 142 g/mol. The van der Waals surface area contributed by atoms with Crippen molar-refractivity contribution in [2.45, 2.75) is 25.7 Å². The first-order valence-electron chi connectivity index (χ1n) is 3.89. The van der Waals surface area contributed by atoms with Crippen LogP contribution in [0, 0.1) is 0 Å². The van der Waals surface area contributed by atoms with E-state index in [9.17, 15) is 5.02 Å². The molecule has 1 aliphatic rings. The van der Waals surface area contributed by atoms with Gasteiger partial charge in [-0.25, -0.2) is 0 Å². The summed E-state index contributed by atoms with van der Waals surface area (Å²) in [7, 11) is -0.323. The number of hydrogen-bond donors (Lipinski definition) is 2. The lowest BCUT2D eigenvalue weighted by molar-refractivity contribution is 0.350. The van der Waals surface area contributed by atoms with Gasteiger partial charge >= 0.3 is 7.05 Å². The predicted octanol–water partition coefficient (Wildman–Crippen LogP) is -0.480. The van der Waals surface area contributed by atoms with Crippen molar-refractivity contribution in [3.05, 3.63) is 0 Å². The van der Waals surface area contributed by atoms with Gasteiger partial charge in [0, 0.05) is 12.6 Å². The van der Waals surface area contributed by atoms with Gasteiger partial charge in [0.1, 0.15) is 0 Å². The van der Waals surface area contributed by atoms with Gasteiger partial charge in [-0.3, -0.25) is 0 Å². The zero-order valence-corrected chi connectivity index (χ0v) is 6.45. The van der Waals surface area contributed by atoms with Crippen LogP contribution < -0.4 is 5.73 Å². The van der Waals surface area contributed by atoms with Crippen LogP contribution in [0.5, 0.6) is 0 Å². The Morgan fingerprint density at radius 1 is 1.80 bits per heavy atom. The van der Waals surface area contributed by atoms with Crippen LogP contribution in [0.4, 0.5) is 0 Å². The Hall–Kier alpha value is -0.0551. The van der Waals surface area contributed by atoms with E-state index in [-0.39, 0.29) is 7.05 Å². The van der Waals surface area contributed by atoms with Crippen molar-refractivity contribution in [2.75, 3.05) is 13.1 Å². The van der Waals surface area contributed by atoms with Gasteiger partial charge in [-0.05, 0) is 26.2 Å². The maximum absolute atomic E-state index is 9.22. The molecule has 1 atom stereocenters. The van der Waals surface area contributed by atoms with E-state index in [1.165, 1.54) is 6.42 Å². The van der Waals surface area contributed by atoms with Crippen LogP contribution in [0.2, 0.25) is 6.82 Å². The first-order valence-corrected chi connectivity index (χ1v) is 3.89. The highest BCUT2D eigenvalue weighted by atomic mass is 16.2. The number of hydrogen-bond acceptors (Lipinski definition) is 3. The van der Waals surface area contributed by atoms with Gasteiger partial charge in [-0.15, -0.1) is 0 Å². The second-order valence-electron chi connectivity index (χ2n) is 2.90. The van der Waals surface area contributed by atoms with Crippen LogP contribution >= 0.6 is 0 Å². The molecule has 1 aliphatic heterocycles. The summed E-state index contributed by atoms with van der Waals surface area (Å²) in [6.07, 6.45) is 2.31. The summed E-state index contributed by atoms with van der Waals surface area (Å²) in [4.78, 5) is 2.06. The zero-order valence-electron chi connectivity index (χ0n) is 6.45. The summed E-state index contributed by atoms with van der Waals surface area (Å²) in [6, 6.07) is 0.417. The molecule has 0 aliphatic carbocycles. The van der Waals surface area contributed by atoms with Gasteiger partial charge in [-0.2, -0.15) is 0 Å². The Morgan fingerprint density at radius 3 is 2.90 bits per heavy atom.